The molecule has 3 N–H and O–H groups in total. The van der Waals surface area contributed by atoms with Crippen molar-refractivity contribution in [3.05, 3.63) is 12.2 Å². The lowest BCUT2D eigenvalue weighted by Gasteiger charge is -2.18. The third kappa shape index (κ3) is 22.0. The Morgan fingerprint density at radius 1 is 0.622 bits per heavy atom. The summed E-state index contributed by atoms with van der Waals surface area (Å²) < 4.78 is 73.9. The Labute approximate surface area is 217 Å². The van der Waals surface area contributed by atoms with E-state index in [2.05, 4.69) is 24.4 Å². The summed E-state index contributed by atoms with van der Waals surface area (Å²) >= 11 is 0. The maximum atomic E-state index is 12.3. The van der Waals surface area contributed by atoms with Crippen molar-refractivity contribution in [1.29, 1.82) is 0 Å². The van der Waals surface area contributed by atoms with E-state index >= 15 is 0 Å². The second kappa shape index (κ2) is 21.2. The molecule has 0 aromatic heterocycles. The summed E-state index contributed by atoms with van der Waals surface area (Å²) in [6.45, 7) is 3.03. The van der Waals surface area contributed by atoms with E-state index in [0.717, 1.165) is 38.6 Å². The van der Waals surface area contributed by atoms with Crippen molar-refractivity contribution in [2.24, 2.45) is 5.92 Å². The highest BCUT2D eigenvalue weighted by Crippen LogP contribution is 2.17. The molecule has 0 saturated carbocycles. The topological polar surface area (TPSA) is 70.2 Å². The van der Waals surface area contributed by atoms with Crippen molar-refractivity contribution in [3.8, 4) is 0 Å². The highest BCUT2D eigenvalue weighted by atomic mass is 19.4. The molecule has 0 saturated heterocycles. The molecule has 0 fully saturated rings. The van der Waals surface area contributed by atoms with Crippen LogP contribution in [-0.4, -0.2) is 50.3 Å². The lowest BCUT2D eigenvalue weighted by Crippen LogP contribution is -2.39. The second-order valence-corrected chi connectivity index (χ2v) is 9.37. The molecule has 0 radical (unpaired) electrons. The standard InChI is InChI=1S/C26H45F6N3O2/c1-2-3-4-5-6-7-8-9-10-11-12-13-14-18-33-19-15-22(16-20-34-23(36)25(27,28)29)17-21-35-24(37)26(30,31)32/h9-10,22,33H,2-8,11-21H2,1H3,(H,34,36)(H,35,37)/b10-9-. The minimum Gasteiger partial charge on any atom is -0.348 e. The molecule has 0 aromatic rings. The van der Waals surface area contributed by atoms with Crippen LogP contribution in [-0.2, 0) is 9.59 Å². The normalized spacial score (nSPS) is 12.4. The van der Waals surface area contributed by atoms with Crippen LogP contribution >= 0.6 is 0 Å². The number of hydrogen-bond donors (Lipinski definition) is 3. The van der Waals surface area contributed by atoms with E-state index in [1.165, 1.54) is 38.5 Å². The monoisotopic (exact) mass is 545 g/mol. The van der Waals surface area contributed by atoms with Crippen LogP contribution in [0.1, 0.15) is 96.8 Å². The van der Waals surface area contributed by atoms with E-state index in [-0.39, 0.29) is 31.8 Å². The number of carbonyl (C=O) groups excluding carboxylic acids is 2. The van der Waals surface area contributed by atoms with Gasteiger partial charge in [-0.15, -0.1) is 0 Å². The van der Waals surface area contributed by atoms with E-state index in [4.69, 9.17) is 0 Å². The van der Waals surface area contributed by atoms with E-state index < -0.39 is 24.2 Å². The summed E-state index contributed by atoms with van der Waals surface area (Å²) in [5.41, 5.74) is 0. The molecule has 0 rings (SSSR count). The van der Waals surface area contributed by atoms with E-state index in [1.54, 1.807) is 10.6 Å². The molecule has 2 amide bonds. The van der Waals surface area contributed by atoms with Gasteiger partial charge in [-0.25, -0.2) is 0 Å². The van der Waals surface area contributed by atoms with Gasteiger partial charge in [0.2, 0.25) is 0 Å². The summed E-state index contributed by atoms with van der Waals surface area (Å²) in [5.74, 6) is -4.36. The number of alkyl halides is 6. The zero-order valence-corrected chi connectivity index (χ0v) is 22.0. The average molecular weight is 546 g/mol. The van der Waals surface area contributed by atoms with Crippen molar-refractivity contribution in [2.75, 3.05) is 26.2 Å². The lowest BCUT2D eigenvalue weighted by atomic mass is 9.97. The minimum absolute atomic E-state index is 0.163. The number of allylic oxidation sites excluding steroid dienone is 2. The molecule has 218 valence electrons. The summed E-state index contributed by atoms with van der Waals surface area (Å²) in [6.07, 6.45) is 8.43. The number of rotatable bonds is 22. The van der Waals surface area contributed by atoms with E-state index in [0.29, 0.717) is 13.0 Å². The van der Waals surface area contributed by atoms with Crippen LogP contribution in [0.25, 0.3) is 0 Å². The van der Waals surface area contributed by atoms with Crippen LogP contribution in [0.15, 0.2) is 12.2 Å². The summed E-state index contributed by atoms with van der Waals surface area (Å²) in [6, 6.07) is 0. The fraction of sp³-hybridized carbons (Fsp3) is 0.846. The quantitative estimate of drug-likeness (QED) is 0.0817. The number of carbonyl (C=O) groups is 2. The van der Waals surface area contributed by atoms with Gasteiger partial charge in [0.05, 0.1) is 0 Å². The van der Waals surface area contributed by atoms with E-state index in [1.807, 2.05) is 0 Å². The molecule has 0 aliphatic carbocycles. The van der Waals surface area contributed by atoms with Crippen LogP contribution in [0.5, 0.6) is 0 Å². The average Bonchev–Trinajstić information content (AvgIpc) is 2.82. The van der Waals surface area contributed by atoms with Crippen molar-refractivity contribution in [3.63, 3.8) is 0 Å². The van der Waals surface area contributed by atoms with Crippen LogP contribution in [0, 0.1) is 5.92 Å². The maximum Gasteiger partial charge on any atom is 0.471 e. The third-order valence-electron chi connectivity index (χ3n) is 6.04. The molecule has 0 heterocycles. The SMILES string of the molecule is CCCCCCCC/C=C\CCCCCNCCC(CCNC(=O)C(F)(F)F)CCNC(=O)C(F)(F)F. The molecule has 0 aliphatic heterocycles. The van der Waals surface area contributed by atoms with E-state index in [9.17, 15) is 35.9 Å². The van der Waals surface area contributed by atoms with Crippen LogP contribution < -0.4 is 16.0 Å². The fourth-order valence-corrected chi connectivity index (χ4v) is 3.81. The highest BCUT2D eigenvalue weighted by Gasteiger charge is 2.39. The minimum atomic E-state index is -4.98. The van der Waals surface area contributed by atoms with Crippen LogP contribution in [0.3, 0.4) is 0 Å². The third-order valence-corrected chi connectivity index (χ3v) is 6.04. The molecule has 0 aromatic carbocycles. The molecule has 11 heteroatoms. The molecular formula is C26H45F6N3O2. The van der Waals surface area contributed by atoms with Gasteiger partial charge in [0.25, 0.3) is 0 Å². The van der Waals surface area contributed by atoms with Gasteiger partial charge in [0.15, 0.2) is 0 Å². The predicted octanol–water partition coefficient (Wildman–Crippen LogP) is 6.59. The van der Waals surface area contributed by atoms with Gasteiger partial charge < -0.3 is 16.0 Å². The number of halogens is 6. The molecule has 0 aliphatic rings. The van der Waals surface area contributed by atoms with Crippen molar-refractivity contribution in [2.45, 2.75) is 109 Å². The van der Waals surface area contributed by atoms with Gasteiger partial charge in [-0.2, -0.15) is 26.3 Å². The van der Waals surface area contributed by atoms with Gasteiger partial charge in [0.1, 0.15) is 0 Å². The first-order chi connectivity index (χ1) is 17.5. The largest absolute Gasteiger partial charge is 0.471 e. The van der Waals surface area contributed by atoms with Crippen LogP contribution in [0.4, 0.5) is 26.3 Å². The molecule has 0 unspecified atom stereocenters. The Hall–Kier alpha value is -1.78. The Kier molecular flexibility index (Phi) is 20.2. The Bertz CT molecular complexity index is 592. The van der Waals surface area contributed by atoms with Gasteiger partial charge in [-0.05, 0) is 70.4 Å². The van der Waals surface area contributed by atoms with Gasteiger partial charge in [0, 0.05) is 13.1 Å². The summed E-state index contributed by atoms with van der Waals surface area (Å²) in [4.78, 5) is 21.9. The van der Waals surface area contributed by atoms with Gasteiger partial charge in [-0.1, -0.05) is 57.6 Å². The fourth-order valence-electron chi connectivity index (χ4n) is 3.81. The Morgan fingerprint density at radius 2 is 1.05 bits per heavy atom. The zero-order valence-electron chi connectivity index (χ0n) is 22.0. The summed E-state index contributed by atoms with van der Waals surface area (Å²) in [5, 5.41) is 6.80. The highest BCUT2D eigenvalue weighted by molar-refractivity contribution is 5.81. The molecular weight excluding hydrogens is 500 g/mol. The molecule has 0 spiro atoms. The van der Waals surface area contributed by atoms with Crippen molar-refractivity contribution >= 4 is 11.8 Å². The second-order valence-electron chi connectivity index (χ2n) is 9.37. The number of amides is 2. The molecule has 37 heavy (non-hydrogen) atoms. The molecule has 0 atom stereocenters. The van der Waals surface area contributed by atoms with Crippen molar-refractivity contribution < 1.29 is 35.9 Å². The Balaban J connectivity index is 4.03. The number of nitrogens with one attached hydrogen (secondary N) is 3. The maximum absolute atomic E-state index is 12.3. The molecule has 5 nitrogen and oxygen atoms in total. The molecule has 0 bridgehead atoms. The smallest absolute Gasteiger partial charge is 0.348 e. The predicted molar refractivity (Wildman–Crippen MR) is 134 cm³/mol. The first-order valence-electron chi connectivity index (χ1n) is 13.5. The Morgan fingerprint density at radius 3 is 1.54 bits per heavy atom. The van der Waals surface area contributed by atoms with Gasteiger partial charge >= 0.3 is 24.2 Å². The van der Waals surface area contributed by atoms with Crippen LogP contribution in [0.2, 0.25) is 0 Å². The lowest BCUT2D eigenvalue weighted by molar-refractivity contribution is -0.173. The van der Waals surface area contributed by atoms with Crippen molar-refractivity contribution in [1.82, 2.24) is 16.0 Å². The van der Waals surface area contributed by atoms with Gasteiger partial charge in [-0.3, -0.25) is 9.59 Å². The first-order valence-corrected chi connectivity index (χ1v) is 13.5. The summed E-state index contributed by atoms with van der Waals surface area (Å²) in [7, 11) is 0. The number of unbranched alkanes of at least 4 members (excludes halogenated alkanes) is 9. The number of hydrogen-bond acceptors (Lipinski definition) is 3. The zero-order chi connectivity index (χ0) is 28.0. The first kappa shape index (κ1) is 35.2.